The maximum absolute atomic E-state index is 12.2. The van der Waals surface area contributed by atoms with Gasteiger partial charge in [0.2, 0.25) is 0 Å². The van der Waals surface area contributed by atoms with E-state index in [1.54, 1.807) is 18.6 Å². The first-order valence-electron chi connectivity index (χ1n) is 7.22. The number of hydrogen-bond acceptors (Lipinski definition) is 5. The van der Waals surface area contributed by atoms with Crippen LogP contribution < -0.4 is 10.2 Å². The highest BCUT2D eigenvalue weighted by Crippen LogP contribution is 2.13. The van der Waals surface area contributed by atoms with Gasteiger partial charge in [-0.3, -0.25) is 9.78 Å². The van der Waals surface area contributed by atoms with Crippen molar-refractivity contribution >= 4 is 17.4 Å². The Kier molecular flexibility index (Phi) is 5.04. The average Bonchev–Trinajstić information content (AvgIpc) is 2.49. The number of aryl methyl sites for hydroxylation is 1. The van der Waals surface area contributed by atoms with E-state index >= 15 is 0 Å². The van der Waals surface area contributed by atoms with Crippen LogP contribution >= 0.6 is 0 Å². The fourth-order valence-electron chi connectivity index (χ4n) is 2.06. The van der Waals surface area contributed by atoms with Gasteiger partial charge in [0.05, 0.1) is 24.3 Å². The minimum Gasteiger partial charge on any atom is -0.358 e. The second-order valence-corrected chi connectivity index (χ2v) is 5.68. The Morgan fingerprint density at radius 3 is 2.64 bits per heavy atom. The summed E-state index contributed by atoms with van der Waals surface area (Å²) < 4.78 is 0. The van der Waals surface area contributed by atoms with E-state index in [0.717, 1.165) is 17.9 Å². The molecule has 6 nitrogen and oxygen atoms in total. The summed E-state index contributed by atoms with van der Waals surface area (Å²) in [5.74, 6) is 0.993. The molecule has 0 aromatic carbocycles. The molecule has 0 aliphatic carbocycles. The molecule has 2 aromatic rings. The molecule has 1 amide bonds. The van der Waals surface area contributed by atoms with Crippen LogP contribution in [0.5, 0.6) is 0 Å². The van der Waals surface area contributed by atoms with Gasteiger partial charge in [0, 0.05) is 19.8 Å². The second kappa shape index (κ2) is 6.98. The molecule has 116 valence electrons. The van der Waals surface area contributed by atoms with Gasteiger partial charge in [0.1, 0.15) is 11.5 Å². The number of nitrogens with one attached hydrogen (secondary N) is 1. The third-order valence-corrected chi connectivity index (χ3v) is 3.19. The first-order valence-corrected chi connectivity index (χ1v) is 7.22. The molecule has 0 fully saturated rings. The zero-order valence-electron chi connectivity index (χ0n) is 13.4. The molecule has 0 atom stereocenters. The van der Waals surface area contributed by atoms with E-state index < -0.39 is 0 Å². The quantitative estimate of drug-likeness (QED) is 0.918. The van der Waals surface area contributed by atoms with E-state index in [1.807, 2.05) is 24.9 Å². The van der Waals surface area contributed by atoms with Gasteiger partial charge in [0.25, 0.3) is 5.91 Å². The van der Waals surface area contributed by atoms with E-state index in [0.29, 0.717) is 11.6 Å². The van der Waals surface area contributed by atoms with Crippen molar-refractivity contribution in [1.29, 1.82) is 0 Å². The summed E-state index contributed by atoms with van der Waals surface area (Å²) in [6.45, 7) is 7.08. The molecule has 1 N–H and O–H groups in total. The molecule has 2 aromatic heterocycles. The molecule has 0 bridgehead atoms. The van der Waals surface area contributed by atoms with Crippen LogP contribution in [-0.2, 0) is 0 Å². The highest BCUT2D eigenvalue weighted by molar-refractivity contribution is 6.03. The minimum absolute atomic E-state index is 0.282. The zero-order chi connectivity index (χ0) is 16.1. The van der Waals surface area contributed by atoms with Crippen LogP contribution in [0.25, 0.3) is 0 Å². The van der Waals surface area contributed by atoms with Crippen LogP contribution in [0.2, 0.25) is 0 Å². The second-order valence-electron chi connectivity index (χ2n) is 5.68. The maximum atomic E-state index is 12.2. The normalized spacial score (nSPS) is 10.6. The van der Waals surface area contributed by atoms with Crippen molar-refractivity contribution < 1.29 is 4.79 Å². The van der Waals surface area contributed by atoms with Gasteiger partial charge in [-0.15, -0.1) is 0 Å². The zero-order valence-corrected chi connectivity index (χ0v) is 13.4. The molecular weight excluding hydrogens is 278 g/mol. The standard InChI is InChI=1S/C16H21N5O/c1-11(2)10-21(4)15-9-18-14(8-19-15)16(22)20-13-7-17-6-5-12(13)3/h5-9,11H,10H2,1-4H3,(H,20,22). The third kappa shape index (κ3) is 4.00. The fourth-order valence-corrected chi connectivity index (χ4v) is 2.06. The maximum Gasteiger partial charge on any atom is 0.275 e. The molecule has 0 unspecified atom stereocenters. The summed E-state index contributed by atoms with van der Waals surface area (Å²) in [6.07, 6.45) is 6.41. The first-order chi connectivity index (χ1) is 10.5. The molecule has 0 radical (unpaired) electrons. The molecule has 0 saturated carbocycles. The van der Waals surface area contributed by atoms with Gasteiger partial charge < -0.3 is 10.2 Å². The number of nitrogens with zero attached hydrogens (tertiary/aromatic N) is 4. The number of carbonyl (C=O) groups is 1. The van der Waals surface area contributed by atoms with Gasteiger partial charge in [-0.1, -0.05) is 13.8 Å². The van der Waals surface area contributed by atoms with Gasteiger partial charge in [0.15, 0.2) is 0 Å². The van der Waals surface area contributed by atoms with Gasteiger partial charge in [-0.25, -0.2) is 9.97 Å². The molecule has 0 aliphatic heterocycles. The number of anilines is 2. The predicted molar refractivity (Wildman–Crippen MR) is 87.1 cm³/mol. The lowest BCUT2D eigenvalue weighted by Crippen LogP contribution is -2.24. The highest BCUT2D eigenvalue weighted by Gasteiger charge is 2.11. The molecule has 2 heterocycles. The number of rotatable bonds is 5. The summed E-state index contributed by atoms with van der Waals surface area (Å²) in [7, 11) is 1.96. The van der Waals surface area contributed by atoms with Gasteiger partial charge in [-0.2, -0.15) is 0 Å². The predicted octanol–water partition coefficient (Wildman–Crippen LogP) is 2.52. The van der Waals surface area contributed by atoms with E-state index in [2.05, 4.69) is 34.1 Å². The van der Waals surface area contributed by atoms with Gasteiger partial charge >= 0.3 is 0 Å². The van der Waals surface area contributed by atoms with Crippen molar-refractivity contribution in [1.82, 2.24) is 15.0 Å². The van der Waals surface area contributed by atoms with Crippen molar-refractivity contribution in [2.45, 2.75) is 20.8 Å². The topological polar surface area (TPSA) is 71.0 Å². The highest BCUT2D eigenvalue weighted by atomic mass is 16.1. The Bertz CT molecular complexity index is 639. The summed E-state index contributed by atoms with van der Waals surface area (Å²) in [5, 5.41) is 2.79. The summed E-state index contributed by atoms with van der Waals surface area (Å²) >= 11 is 0. The molecular formula is C16H21N5O. The van der Waals surface area contributed by atoms with Crippen LogP contribution in [0.4, 0.5) is 11.5 Å². The van der Waals surface area contributed by atoms with Crippen molar-refractivity contribution in [2.24, 2.45) is 5.92 Å². The molecule has 0 saturated heterocycles. The van der Waals surface area contributed by atoms with Crippen LogP contribution in [0.15, 0.2) is 30.9 Å². The number of amides is 1. The number of carbonyl (C=O) groups excluding carboxylic acids is 1. The van der Waals surface area contributed by atoms with Gasteiger partial charge in [-0.05, 0) is 24.5 Å². The largest absolute Gasteiger partial charge is 0.358 e. The Morgan fingerprint density at radius 2 is 2.05 bits per heavy atom. The number of pyridine rings is 1. The third-order valence-electron chi connectivity index (χ3n) is 3.19. The van der Waals surface area contributed by atoms with E-state index in [4.69, 9.17) is 0 Å². The van der Waals surface area contributed by atoms with Crippen molar-refractivity contribution in [2.75, 3.05) is 23.8 Å². The Labute approximate surface area is 130 Å². The summed E-state index contributed by atoms with van der Waals surface area (Å²) in [6, 6.07) is 1.84. The van der Waals surface area contributed by atoms with E-state index in [9.17, 15) is 4.79 Å². The average molecular weight is 299 g/mol. The lowest BCUT2D eigenvalue weighted by Gasteiger charge is -2.19. The molecule has 6 heteroatoms. The Hall–Kier alpha value is -2.50. The van der Waals surface area contributed by atoms with Crippen LogP contribution in [0.3, 0.4) is 0 Å². The van der Waals surface area contributed by atoms with Crippen LogP contribution in [0, 0.1) is 12.8 Å². The summed E-state index contributed by atoms with van der Waals surface area (Å²) in [4.78, 5) is 26.7. The van der Waals surface area contributed by atoms with Crippen LogP contribution in [-0.4, -0.2) is 34.5 Å². The monoisotopic (exact) mass is 299 g/mol. The Balaban J connectivity index is 2.07. The van der Waals surface area contributed by atoms with E-state index in [-0.39, 0.29) is 11.6 Å². The summed E-state index contributed by atoms with van der Waals surface area (Å²) in [5.41, 5.74) is 1.91. The molecule has 2 rings (SSSR count). The smallest absolute Gasteiger partial charge is 0.275 e. The SMILES string of the molecule is Cc1ccncc1NC(=O)c1cnc(N(C)CC(C)C)cn1. The fraction of sp³-hybridized carbons (Fsp3) is 0.375. The molecule has 0 aliphatic rings. The molecule has 22 heavy (non-hydrogen) atoms. The lowest BCUT2D eigenvalue weighted by molar-refractivity contribution is 0.102. The van der Waals surface area contributed by atoms with E-state index in [1.165, 1.54) is 6.20 Å². The lowest BCUT2D eigenvalue weighted by atomic mass is 10.2. The first kappa shape index (κ1) is 15.9. The molecule has 0 spiro atoms. The van der Waals surface area contributed by atoms with Crippen molar-refractivity contribution in [3.05, 3.63) is 42.1 Å². The number of hydrogen-bond donors (Lipinski definition) is 1. The Morgan fingerprint density at radius 1 is 1.27 bits per heavy atom. The van der Waals surface area contributed by atoms with Crippen LogP contribution in [0.1, 0.15) is 29.9 Å². The minimum atomic E-state index is -0.290. The van der Waals surface area contributed by atoms with Crippen molar-refractivity contribution in [3.8, 4) is 0 Å². The number of aromatic nitrogens is 3. The van der Waals surface area contributed by atoms with Crippen molar-refractivity contribution in [3.63, 3.8) is 0 Å².